The minimum atomic E-state index is -0.394. The Bertz CT molecular complexity index is 611. The molecule has 3 N–H and O–H groups in total. The average Bonchev–Trinajstić information content (AvgIpc) is 2.38. The minimum Gasteiger partial charge on any atom is -0.350 e. The van der Waals surface area contributed by atoms with E-state index in [-0.39, 0.29) is 5.69 Å². The highest BCUT2D eigenvalue weighted by Crippen LogP contribution is 2.28. The maximum absolute atomic E-state index is 11.0. The van der Waals surface area contributed by atoms with Crippen LogP contribution in [0.3, 0.4) is 0 Å². The van der Waals surface area contributed by atoms with Gasteiger partial charge in [-0.25, -0.2) is 0 Å². The molecule has 5 heteroatoms. The molecule has 0 amide bonds. The molecular weight excluding hydrogens is 242 g/mol. The summed E-state index contributed by atoms with van der Waals surface area (Å²) >= 11 is 0. The van der Waals surface area contributed by atoms with Crippen molar-refractivity contribution in [3.05, 3.63) is 63.7 Å². The van der Waals surface area contributed by atoms with Crippen LogP contribution >= 0.6 is 0 Å². The number of hydrogen-bond acceptors (Lipinski definition) is 4. The van der Waals surface area contributed by atoms with Gasteiger partial charge in [0.1, 0.15) is 5.69 Å². The lowest BCUT2D eigenvalue weighted by molar-refractivity contribution is -0.383. The van der Waals surface area contributed by atoms with Crippen molar-refractivity contribution in [3.8, 4) is 0 Å². The Hall–Kier alpha value is -2.40. The van der Waals surface area contributed by atoms with E-state index in [1.54, 1.807) is 12.1 Å². The molecule has 0 radical (unpaired) electrons. The second kappa shape index (κ2) is 5.49. The van der Waals surface area contributed by atoms with Crippen molar-refractivity contribution in [3.63, 3.8) is 0 Å². The fourth-order valence-electron chi connectivity index (χ4n) is 1.84. The van der Waals surface area contributed by atoms with Crippen LogP contribution in [0.4, 0.5) is 17.1 Å². The third-order valence-corrected chi connectivity index (χ3v) is 2.79. The molecule has 98 valence electrons. The Morgan fingerprint density at radius 2 is 2.05 bits per heavy atom. The highest BCUT2D eigenvalue weighted by Gasteiger charge is 2.13. The van der Waals surface area contributed by atoms with Crippen molar-refractivity contribution in [2.45, 2.75) is 13.5 Å². The SMILES string of the molecule is Cc1ccc([N+](=O)[O-])c(Nc2cccc(CN)c2)c1. The van der Waals surface area contributed by atoms with E-state index < -0.39 is 4.92 Å². The number of nitrogens with one attached hydrogen (secondary N) is 1. The third kappa shape index (κ3) is 3.08. The van der Waals surface area contributed by atoms with E-state index in [2.05, 4.69) is 5.32 Å². The molecule has 0 bridgehead atoms. The van der Waals surface area contributed by atoms with E-state index in [0.29, 0.717) is 12.2 Å². The van der Waals surface area contributed by atoms with Crippen molar-refractivity contribution < 1.29 is 4.92 Å². The van der Waals surface area contributed by atoms with Gasteiger partial charge in [0.2, 0.25) is 0 Å². The zero-order chi connectivity index (χ0) is 13.8. The molecule has 0 aliphatic heterocycles. The highest BCUT2D eigenvalue weighted by molar-refractivity contribution is 5.70. The largest absolute Gasteiger partial charge is 0.350 e. The van der Waals surface area contributed by atoms with Gasteiger partial charge >= 0.3 is 0 Å². The van der Waals surface area contributed by atoms with E-state index in [1.807, 2.05) is 31.2 Å². The van der Waals surface area contributed by atoms with Crippen LogP contribution in [0.1, 0.15) is 11.1 Å². The fraction of sp³-hybridized carbons (Fsp3) is 0.143. The molecule has 0 saturated heterocycles. The number of nitro groups is 1. The molecule has 2 aromatic rings. The number of anilines is 2. The zero-order valence-electron chi connectivity index (χ0n) is 10.6. The monoisotopic (exact) mass is 257 g/mol. The van der Waals surface area contributed by atoms with Gasteiger partial charge in [-0.1, -0.05) is 18.2 Å². The summed E-state index contributed by atoms with van der Waals surface area (Å²) in [6.45, 7) is 2.33. The van der Waals surface area contributed by atoms with E-state index in [9.17, 15) is 10.1 Å². The predicted octanol–water partition coefficient (Wildman–Crippen LogP) is 3.11. The van der Waals surface area contributed by atoms with Crippen LogP contribution in [-0.2, 0) is 6.54 Å². The topological polar surface area (TPSA) is 81.2 Å². The van der Waals surface area contributed by atoms with Gasteiger partial charge in [-0.2, -0.15) is 0 Å². The lowest BCUT2D eigenvalue weighted by Gasteiger charge is -2.09. The summed E-state index contributed by atoms with van der Waals surface area (Å²) < 4.78 is 0. The number of nitrogens with zero attached hydrogens (tertiary/aromatic N) is 1. The lowest BCUT2D eigenvalue weighted by atomic mass is 10.1. The van der Waals surface area contributed by atoms with Crippen LogP contribution in [0, 0.1) is 17.0 Å². The van der Waals surface area contributed by atoms with Crippen LogP contribution < -0.4 is 11.1 Å². The highest BCUT2D eigenvalue weighted by atomic mass is 16.6. The van der Waals surface area contributed by atoms with E-state index >= 15 is 0 Å². The van der Waals surface area contributed by atoms with E-state index in [1.165, 1.54) is 6.07 Å². The quantitative estimate of drug-likeness (QED) is 0.651. The summed E-state index contributed by atoms with van der Waals surface area (Å²) in [5, 5.41) is 14.1. The number of hydrogen-bond donors (Lipinski definition) is 2. The zero-order valence-corrected chi connectivity index (χ0v) is 10.6. The summed E-state index contributed by atoms with van der Waals surface area (Å²) in [5.41, 5.74) is 8.84. The van der Waals surface area contributed by atoms with Gasteiger partial charge in [0.25, 0.3) is 5.69 Å². The second-order valence-electron chi connectivity index (χ2n) is 4.31. The van der Waals surface area contributed by atoms with Crippen molar-refractivity contribution in [2.75, 3.05) is 5.32 Å². The molecule has 0 unspecified atom stereocenters. The van der Waals surface area contributed by atoms with Gasteiger partial charge in [-0.3, -0.25) is 10.1 Å². The Labute approximate surface area is 111 Å². The molecule has 0 fully saturated rings. The van der Waals surface area contributed by atoms with Crippen molar-refractivity contribution in [1.82, 2.24) is 0 Å². The molecule has 0 heterocycles. The Kier molecular flexibility index (Phi) is 3.77. The van der Waals surface area contributed by atoms with Crippen LogP contribution in [0.25, 0.3) is 0 Å². The molecule has 0 aromatic heterocycles. The van der Waals surface area contributed by atoms with Crippen molar-refractivity contribution in [1.29, 1.82) is 0 Å². The standard InChI is InChI=1S/C14H15N3O2/c1-10-5-6-14(17(18)19)13(7-10)16-12-4-2-3-11(8-12)9-15/h2-8,16H,9,15H2,1H3. The molecule has 0 saturated carbocycles. The van der Waals surface area contributed by atoms with Crippen LogP contribution in [-0.4, -0.2) is 4.92 Å². The van der Waals surface area contributed by atoms with E-state index in [0.717, 1.165) is 16.8 Å². The maximum atomic E-state index is 11.0. The summed E-state index contributed by atoms with van der Waals surface area (Å²) in [6.07, 6.45) is 0. The van der Waals surface area contributed by atoms with Crippen LogP contribution in [0.5, 0.6) is 0 Å². The molecule has 5 nitrogen and oxygen atoms in total. The van der Waals surface area contributed by atoms with E-state index in [4.69, 9.17) is 5.73 Å². The fourth-order valence-corrected chi connectivity index (χ4v) is 1.84. The molecular formula is C14H15N3O2. The number of aryl methyl sites for hydroxylation is 1. The van der Waals surface area contributed by atoms with Gasteiger partial charge < -0.3 is 11.1 Å². The molecule has 2 rings (SSSR count). The predicted molar refractivity (Wildman–Crippen MR) is 75.4 cm³/mol. The number of nitrogens with two attached hydrogens (primary N) is 1. The lowest BCUT2D eigenvalue weighted by Crippen LogP contribution is -2.00. The normalized spacial score (nSPS) is 10.2. The summed E-state index contributed by atoms with van der Waals surface area (Å²) in [7, 11) is 0. The van der Waals surface area contributed by atoms with Gasteiger partial charge in [-0.05, 0) is 36.2 Å². The first-order chi connectivity index (χ1) is 9.10. The molecule has 0 aliphatic rings. The summed E-state index contributed by atoms with van der Waals surface area (Å²) in [5.74, 6) is 0. The van der Waals surface area contributed by atoms with Gasteiger partial charge in [-0.15, -0.1) is 0 Å². The molecule has 19 heavy (non-hydrogen) atoms. The first-order valence-electron chi connectivity index (χ1n) is 5.91. The minimum absolute atomic E-state index is 0.0590. The van der Waals surface area contributed by atoms with Crippen molar-refractivity contribution >= 4 is 17.1 Å². The Morgan fingerprint density at radius 3 is 2.74 bits per heavy atom. The molecule has 2 aromatic carbocycles. The van der Waals surface area contributed by atoms with Gasteiger partial charge in [0.05, 0.1) is 4.92 Å². The Balaban J connectivity index is 2.36. The third-order valence-electron chi connectivity index (χ3n) is 2.79. The Morgan fingerprint density at radius 1 is 1.26 bits per heavy atom. The number of nitro benzene ring substituents is 1. The van der Waals surface area contributed by atoms with Gasteiger partial charge in [0, 0.05) is 18.3 Å². The first-order valence-corrected chi connectivity index (χ1v) is 5.91. The molecule has 0 spiro atoms. The van der Waals surface area contributed by atoms with Crippen molar-refractivity contribution in [2.24, 2.45) is 5.73 Å². The van der Waals surface area contributed by atoms with Crippen LogP contribution in [0.15, 0.2) is 42.5 Å². The number of rotatable bonds is 4. The summed E-state index contributed by atoms with van der Waals surface area (Å²) in [4.78, 5) is 10.6. The number of benzene rings is 2. The smallest absolute Gasteiger partial charge is 0.292 e. The maximum Gasteiger partial charge on any atom is 0.292 e. The molecule has 0 aliphatic carbocycles. The summed E-state index contributed by atoms with van der Waals surface area (Å²) in [6, 6.07) is 12.5. The average molecular weight is 257 g/mol. The first kappa shape index (κ1) is 13.0. The second-order valence-corrected chi connectivity index (χ2v) is 4.31. The van der Waals surface area contributed by atoms with Crippen LogP contribution in [0.2, 0.25) is 0 Å². The van der Waals surface area contributed by atoms with Gasteiger partial charge in [0.15, 0.2) is 0 Å². The molecule has 0 atom stereocenters.